The monoisotopic (exact) mass is 228 g/mol. The maximum absolute atomic E-state index is 5.49. The lowest BCUT2D eigenvalue weighted by Crippen LogP contribution is -2.01. The Morgan fingerprint density at radius 1 is 1.18 bits per heavy atom. The first-order valence-corrected chi connectivity index (χ1v) is 4.96. The molecule has 0 spiro atoms. The topological polar surface area (TPSA) is 78.1 Å². The summed E-state index contributed by atoms with van der Waals surface area (Å²) in [5, 5.41) is 11.9. The van der Waals surface area contributed by atoms with E-state index in [-0.39, 0.29) is 0 Å². The van der Waals surface area contributed by atoms with Gasteiger partial charge in [0.05, 0.1) is 0 Å². The van der Waals surface area contributed by atoms with Crippen LogP contribution in [0.5, 0.6) is 6.01 Å². The number of rotatable bonds is 3. The van der Waals surface area contributed by atoms with Gasteiger partial charge in [-0.2, -0.15) is 9.61 Å². The summed E-state index contributed by atoms with van der Waals surface area (Å²) in [6, 6.07) is 3.95. The molecule has 84 valence electrons. The third-order valence-electron chi connectivity index (χ3n) is 2.13. The van der Waals surface area contributed by atoms with Crippen molar-refractivity contribution in [1.29, 1.82) is 0 Å². The molecule has 0 saturated carbocycles. The molecule has 0 unspecified atom stereocenters. The van der Waals surface area contributed by atoms with Gasteiger partial charge in [-0.05, 0) is 12.1 Å². The fourth-order valence-electron chi connectivity index (χ4n) is 1.37. The van der Waals surface area contributed by atoms with E-state index in [9.17, 15) is 0 Å². The number of aromatic nitrogens is 6. The lowest BCUT2D eigenvalue weighted by molar-refractivity contribution is 0.272. The molecular weight excluding hydrogens is 220 g/mol. The van der Waals surface area contributed by atoms with Crippen molar-refractivity contribution in [2.45, 2.75) is 6.61 Å². The molecule has 7 heteroatoms. The second-order valence-corrected chi connectivity index (χ2v) is 3.31. The van der Waals surface area contributed by atoms with E-state index >= 15 is 0 Å². The molecule has 3 aromatic heterocycles. The van der Waals surface area contributed by atoms with Crippen LogP contribution < -0.4 is 4.74 Å². The van der Waals surface area contributed by atoms with Gasteiger partial charge in [-0.15, -0.1) is 5.10 Å². The van der Waals surface area contributed by atoms with Gasteiger partial charge in [0.15, 0.2) is 5.65 Å². The van der Waals surface area contributed by atoms with E-state index in [0.29, 0.717) is 18.3 Å². The zero-order chi connectivity index (χ0) is 11.5. The first-order valence-electron chi connectivity index (χ1n) is 4.96. The van der Waals surface area contributed by atoms with Crippen molar-refractivity contribution in [1.82, 2.24) is 29.8 Å². The average Bonchev–Trinajstić information content (AvgIpc) is 2.81. The Morgan fingerprint density at radius 2 is 2.06 bits per heavy atom. The molecule has 0 aliphatic heterocycles. The van der Waals surface area contributed by atoms with E-state index < -0.39 is 0 Å². The van der Waals surface area contributed by atoms with Crippen LogP contribution in [0, 0.1) is 0 Å². The summed E-state index contributed by atoms with van der Waals surface area (Å²) in [4.78, 5) is 7.79. The summed E-state index contributed by atoms with van der Waals surface area (Å²) in [6.07, 6.45) is 6.49. The minimum atomic E-state index is 0.332. The Balaban J connectivity index is 1.82. The summed E-state index contributed by atoms with van der Waals surface area (Å²) in [5.41, 5.74) is 1.51. The molecule has 0 fully saturated rings. The molecule has 0 aromatic carbocycles. The van der Waals surface area contributed by atoms with Crippen LogP contribution in [0.15, 0.2) is 37.1 Å². The van der Waals surface area contributed by atoms with Gasteiger partial charge in [0.25, 0.3) is 0 Å². The highest BCUT2D eigenvalue weighted by molar-refractivity contribution is 5.35. The first-order chi connectivity index (χ1) is 8.43. The highest BCUT2D eigenvalue weighted by atomic mass is 16.5. The van der Waals surface area contributed by atoms with E-state index in [1.165, 1.54) is 10.8 Å². The lowest BCUT2D eigenvalue weighted by Gasteiger charge is -2.01. The smallest absolute Gasteiger partial charge is 0.339 e. The van der Waals surface area contributed by atoms with Crippen molar-refractivity contribution in [3.8, 4) is 6.01 Å². The van der Waals surface area contributed by atoms with E-state index in [1.54, 1.807) is 30.7 Å². The van der Waals surface area contributed by atoms with Gasteiger partial charge in [-0.1, -0.05) is 5.10 Å². The molecule has 0 amide bonds. The molecule has 17 heavy (non-hydrogen) atoms. The number of nitrogens with zero attached hydrogens (tertiary/aromatic N) is 6. The van der Waals surface area contributed by atoms with Crippen LogP contribution in [-0.2, 0) is 6.61 Å². The van der Waals surface area contributed by atoms with Crippen molar-refractivity contribution in [2.75, 3.05) is 0 Å². The second-order valence-electron chi connectivity index (χ2n) is 3.31. The standard InChI is InChI=1S/C10H8N6O/c1-2-9-14-15-10(16(9)13-3-1)17-6-8-4-11-7-12-5-8/h1-5,7H,6H2. The third kappa shape index (κ3) is 1.89. The molecular formula is C10H8N6O. The molecule has 0 aliphatic carbocycles. The predicted molar refractivity (Wildman–Crippen MR) is 57.1 cm³/mol. The largest absolute Gasteiger partial charge is 0.457 e. The maximum atomic E-state index is 5.49. The average molecular weight is 228 g/mol. The summed E-state index contributed by atoms with van der Waals surface area (Å²) in [6.45, 7) is 0.332. The zero-order valence-corrected chi connectivity index (χ0v) is 8.76. The minimum absolute atomic E-state index is 0.332. The van der Waals surface area contributed by atoms with Crippen LogP contribution in [0.1, 0.15) is 5.56 Å². The molecule has 0 bridgehead atoms. The van der Waals surface area contributed by atoms with Crippen molar-refractivity contribution < 1.29 is 4.74 Å². The fourth-order valence-corrected chi connectivity index (χ4v) is 1.37. The van der Waals surface area contributed by atoms with Crippen molar-refractivity contribution >= 4 is 5.65 Å². The van der Waals surface area contributed by atoms with Crippen LogP contribution in [0.4, 0.5) is 0 Å². The van der Waals surface area contributed by atoms with Crippen LogP contribution in [0.3, 0.4) is 0 Å². The molecule has 0 saturated heterocycles. The number of fused-ring (bicyclic) bond motifs is 1. The summed E-state index contributed by atoms with van der Waals surface area (Å²) < 4.78 is 7.02. The Labute approximate surface area is 96.1 Å². The zero-order valence-electron chi connectivity index (χ0n) is 8.76. The summed E-state index contributed by atoms with van der Waals surface area (Å²) in [7, 11) is 0. The lowest BCUT2D eigenvalue weighted by atomic mass is 10.4. The normalized spacial score (nSPS) is 10.6. The van der Waals surface area contributed by atoms with E-state index in [0.717, 1.165) is 5.56 Å². The van der Waals surface area contributed by atoms with Gasteiger partial charge in [0, 0.05) is 24.2 Å². The number of hydrogen-bond acceptors (Lipinski definition) is 6. The van der Waals surface area contributed by atoms with E-state index in [4.69, 9.17) is 4.74 Å². The van der Waals surface area contributed by atoms with Crippen LogP contribution >= 0.6 is 0 Å². The van der Waals surface area contributed by atoms with Gasteiger partial charge < -0.3 is 4.74 Å². The number of hydrogen-bond donors (Lipinski definition) is 0. The quantitative estimate of drug-likeness (QED) is 0.649. The van der Waals surface area contributed by atoms with Crippen LogP contribution in [0.2, 0.25) is 0 Å². The van der Waals surface area contributed by atoms with Crippen molar-refractivity contribution in [3.63, 3.8) is 0 Å². The van der Waals surface area contributed by atoms with Crippen LogP contribution in [-0.4, -0.2) is 29.8 Å². The predicted octanol–water partition coefficient (Wildman–Crippen LogP) is 0.493. The number of ether oxygens (including phenoxy) is 1. The van der Waals surface area contributed by atoms with Gasteiger partial charge in [-0.25, -0.2) is 9.97 Å². The molecule has 3 rings (SSSR count). The van der Waals surface area contributed by atoms with E-state index in [2.05, 4.69) is 25.3 Å². The van der Waals surface area contributed by atoms with Gasteiger partial charge >= 0.3 is 6.01 Å². The summed E-state index contributed by atoms with van der Waals surface area (Å²) in [5.74, 6) is 0. The molecule has 0 N–H and O–H groups in total. The van der Waals surface area contributed by atoms with Gasteiger partial charge in [-0.3, -0.25) is 0 Å². The molecule has 7 nitrogen and oxygen atoms in total. The van der Waals surface area contributed by atoms with Gasteiger partial charge in [0.1, 0.15) is 12.9 Å². The Morgan fingerprint density at radius 3 is 2.94 bits per heavy atom. The minimum Gasteiger partial charge on any atom is -0.457 e. The Kier molecular flexibility index (Phi) is 2.34. The molecule has 0 aliphatic rings. The molecule has 3 heterocycles. The van der Waals surface area contributed by atoms with Crippen molar-refractivity contribution in [3.05, 3.63) is 42.6 Å². The molecule has 3 aromatic rings. The van der Waals surface area contributed by atoms with Crippen molar-refractivity contribution in [2.24, 2.45) is 0 Å². The highest BCUT2D eigenvalue weighted by Gasteiger charge is 2.06. The van der Waals surface area contributed by atoms with Gasteiger partial charge in [0.2, 0.25) is 0 Å². The first kappa shape index (κ1) is 9.64. The Bertz CT molecular complexity index is 623. The second kappa shape index (κ2) is 4.12. The Hall–Kier alpha value is -2.57. The summed E-state index contributed by atoms with van der Waals surface area (Å²) >= 11 is 0. The van der Waals surface area contributed by atoms with E-state index in [1.807, 2.05) is 0 Å². The SMILES string of the molecule is c1cnn2c(OCc3cncnc3)nnc2c1. The fraction of sp³-hybridized carbons (Fsp3) is 0.100. The third-order valence-corrected chi connectivity index (χ3v) is 2.13. The van der Waals surface area contributed by atoms with Crippen LogP contribution in [0.25, 0.3) is 5.65 Å². The molecule has 0 atom stereocenters. The maximum Gasteiger partial charge on any atom is 0.339 e. The molecule has 0 radical (unpaired) electrons. The highest BCUT2D eigenvalue weighted by Crippen LogP contribution is 2.09.